The van der Waals surface area contributed by atoms with Gasteiger partial charge in [0, 0.05) is 48.7 Å². The van der Waals surface area contributed by atoms with Gasteiger partial charge in [-0.15, -0.1) is 0 Å². The third kappa shape index (κ3) is 6.77. The number of aromatic nitrogens is 1. The van der Waals surface area contributed by atoms with Crippen LogP contribution in [0.2, 0.25) is 0 Å². The molecule has 1 aromatic carbocycles. The molecule has 2 N–H and O–H groups in total. The maximum Gasteiger partial charge on any atom is 0.255 e. The number of ether oxygens (including phenoxy) is 1. The van der Waals surface area contributed by atoms with Gasteiger partial charge < -0.3 is 20.1 Å². The van der Waals surface area contributed by atoms with Crippen LogP contribution in [-0.2, 0) is 21.2 Å². The second-order valence-electron chi connectivity index (χ2n) is 8.94. The number of sulfonamides is 1. The summed E-state index contributed by atoms with van der Waals surface area (Å²) >= 11 is 0. The highest BCUT2D eigenvalue weighted by molar-refractivity contribution is 7.88. The van der Waals surface area contributed by atoms with E-state index in [0.717, 1.165) is 6.26 Å². The predicted molar refractivity (Wildman–Crippen MR) is 132 cm³/mol. The first kappa shape index (κ1) is 26.6. The van der Waals surface area contributed by atoms with E-state index in [2.05, 4.69) is 10.3 Å². The number of likely N-dealkylation sites (N-methyl/N-ethyl adjacent to an activating group) is 1. The minimum atomic E-state index is -3.44. The molecule has 0 saturated heterocycles. The summed E-state index contributed by atoms with van der Waals surface area (Å²) in [7, 11) is -1.96. The Kier molecular flexibility index (Phi) is 8.47. The third-order valence-corrected chi connectivity index (χ3v) is 7.40. The third-order valence-electron chi connectivity index (χ3n) is 6.12. The molecular formula is C24H32N4O6S. The van der Waals surface area contributed by atoms with Gasteiger partial charge in [0.2, 0.25) is 15.9 Å². The van der Waals surface area contributed by atoms with Crippen molar-refractivity contribution in [1.29, 1.82) is 0 Å². The summed E-state index contributed by atoms with van der Waals surface area (Å²) in [6.07, 6.45) is 3.63. The van der Waals surface area contributed by atoms with E-state index >= 15 is 0 Å². The van der Waals surface area contributed by atoms with Crippen LogP contribution in [-0.4, -0.2) is 84.7 Å². The lowest BCUT2D eigenvalue weighted by molar-refractivity contribution is -0.134. The van der Waals surface area contributed by atoms with E-state index in [1.54, 1.807) is 42.2 Å². The highest BCUT2D eigenvalue weighted by Crippen LogP contribution is 2.29. The fourth-order valence-electron chi connectivity index (χ4n) is 3.82. The van der Waals surface area contributed by atoms with Gasteiger partial charge >= 0.3 is 0 Å². The van der Waals surface area contributed by atoms with Crippen LogP contribution in [0.15, 0.2) is 42.7 Å². The predicted octanol–water partition coefficient (Wildman–Crippen LogP) is 1.37. The zero-order valence-electron chi connectivity index (χ0n) is 20.3. The molecule has 3 atom stereocenters. The standard InChI is InChI=1S/C24H32N4O6S/c1-16-13-28(17(2)15-29)23(30)12-19-11-20(26-24(31)18-7-9-25-10-8-18)5-6-21(19)34-22(16)14-27(3)35(4,32)33/h5-11,16-17,22,29H,12-15H2,1-4H3,(H,26,31)/t16-,17+,22+/m0/s1. The molecule has 11 heteroatoms. The first-order chi connectivity index (χ1) is 16.5. The minimum absolute atomic E-state index is 0.00000350. The zero-order valence-corrected chi connectivity index (χ0v) is 21.2. The summed E-state index contributed by atoms with van der Waals surface area (Å²) in [5.41, 5.74) is 1.48. The number of fused-ring (bicyclic) bond motifs is 1. The van der Waals surface area contributed by atoms with E-state index in [1.165, 1.54) is 23.7 Å². The highest BCUT2D eigenvalue weighted by atomic mass is 32.2. The van der Waals surface area contributed by atoms with Crippen molar-refractivity contribution in [3.05, 3.63) is 53.9 Å². The van der Waals surface area contributed by atoms with E-state index in [0.29, 0.717) is 29.1 Å². The SMILES string of the molecule is C[C@H](CO)N1C[C@H](C)[C@@H](CN(C)S(C)(=O)=O)Oc2ccc(NC(=O)c3ccncc3)cc2CC1=O. The molecule has 0 radical (unpaired) electrons. The Balaban J connectivity index is 1.96. The molecule has 0 saturated carbocycles. The summed E-state index contributed by atoms with van der Waals surface area (Å²) in [5.74, 6) is -0.302. The van der Waals surface area contributed by atoms with Gasteiger partial charge in [-0.2, -0.15) is 0 Å². The van der Waals surface area contributed by atoms with Gasteiger partial charge in [0.1, 0.15) is 11.9 Å². The normalized spacial score (nSPS) is 19.7. The number of aliphatic hydroxyl groups excluding tert-OH is 1. The molecule has 2 amide bonds. The Hall–Kier alpha value is -3.02. The molecule has 0 spiro atoms. The Labute approximate surface area is 206 Å². The van der Waals surface area contributed by atoms with Crippen LogP contribution in [0, 0.1) is 5.92 Å². The summed E-state index contributed by atoms with van der Waals surface area (Å²) in [5, 5.41) is 12.5. The quantitative estimate of drug-likeness (QED) is 0.583. The Morgan fingerprint density at radius 1 is 1.31 bits per heavy atom. The van der Waals surface area contributed by atoms with Crippen LogP contribution in [0.3, 0.4) is 0 Å². The minimum Gasteiger partial charge on any atom is -0.488 e. The van der Waals surface area contributed by atoms with Gasteiger partial charge in [-0.25, -0.2) is 12.7 Å². The number of hydrogen-bond donors (Lipinski definition) is 2. The molecule has 0 bridgehead atoms. The number of amides is 2. The van der Waals surface area contributed by atoms with E-state index in [-0.39, 0.29) is 37.3 Å². The van der Waals surface area contributed by atoms with Crippen LogP contribution in [0.5, 0.6) is 5.75 Å². The monoisotopic (exact) mass is 504 g/mol. The molecule has 190 valence electrons. The largest absolute Gasteiger partial charge is 0.488 e. The summed E-state index contributed by atoms with van der Waals surface area (Å²) in [6, 6.07) is 7.80. The molecule has 1 aliphatic rings. The number of rotatable bonds is 7. The summed E-state index contributed by atoms with van der Waals surface area (Å²) < 4.78 is 31.6. The number of nitrogens with zero attached hydrogens (tertiary/aromatic N) is 3. The number of hydrogen-bond acceptors (Lipinski definition) is 7. The molecule has 0 unspecified atom stereocenters. The van der Waals surface area contributed by atoms with Gasteiger partial charge in [-0.1, -0.05) is 6.92 Å². The van der Waals surface area contributed by atoms with Crippen molar-refractivity contribution in [3.63, 3.8) is 0 Å². The fourth-order valence-corrected chi connectivity index (χ4v) is 4.24. The molecule has 3 rings (SSSR count). The van der Waals surface area contributed by atoms with Crippen molar-refractivity contribution in [1.82, 2.24) is 14.2 Å². The first-order valence-corrected chi connectivity index (χ1v) is 13.2. The van der Waals surface area contributed by atoms with E-state index in [1.807, 2.05) is 6.92 Å². The molecule has 2 aromatic rings. The molecule has 2 heterocycles. The second-order valence-corrected chi connectivity index (χ2v) is 11.0. The van der Waals surface area contributed by atoms with Gasteiger partial charge in [-0.05, 0) is 37.3 Å². The van der Waals surface area contributed by atoms with Crippen LogP contribution in [0.1, 0.15) is 29.8 Å². The van der Waals surface area contributed by atoms with Crippen LogP contribution in [0.4, 0.5) is 5.69 Å². The van der Waals surface area contributed by atoms with E-state index in [4.69, 9.17) is 4.74 Å². The van der Waals surface area contributed by atoms with Crippen molar-refractivity contribution in [2.24, 2.45) is 5.92 Å². The van der Waals surface area contributed by atoms with E-state index < -0.39 is 22.2 Å². The van der Waals surface area contributed by atoms with Crippen molar-refractivity contribution >= 4 is 27.5 Å². The van der Waals surface area contributed by atoms with Crippen LogP contribution >= 0.6 is 0 Å². The average Bonchev–Trinajstić information content (AvgIpc) is 2.86. The smallest absolute Gasteiger partial charge is 0.255 e. The Bertz CT molecular complexity index is 1160. The number of aliphatic hydroxyl groups is 1. The Morgan fingerprint density at radius 3 is 2.63 bits per heavy atom. The van der Waals surface area contributed by atoms with Crippen molar-refractivity contribution in [2.45, 2.75) is 32.4 Å². The van der Waals surface area contributed by atoms with E-state index in [9.17, 15) is 23.1 Å². The second kappa shape index (κ2) is 11.1. The number of carbonyl (C=O) groups is 2. The summed E-state index contributed by atoms with van der Waals surface area (Å²) in [6.45, 7) is 3.83. The van der Waals surface area contributed by atoms with Crippen molar-refractivity contribution in [2.75, 3.05) is 38.3 Å². The van der Waals surface area contributed by atoms with Crippen LogP contribution in [0.25, 0.3) is 0 Å². The van der Waals surface area contributed by atoms with Gasteiger partial charge in [0.05, 0.1) is 31.9 Å². The van der Waals surface area contributed by atoms with Gasteiger partial charge in [-0.3, -0.25) is 14.6 Å². The number of anilines is 1. The molecule has 1 aromatic heterocycles. The van der Waals surface area contributed by atoms with Crippen molar-refractivity contribution < 1.29 is 27.9 Å². The summed E-state index contributed by atoms with van der Waals surface area (Å²) in [4.78, 5) is 31.3. The van der Waals surface area contributed by atoms with Crippen molar-refractivity contribution in [3.8, 4) is 5.75 Å². The zero-order chi connectivity index (χ0) is 25.8. The lowest BCUT2D eigenvalue weighted by atomic mass is 10.0. The molecule has 0 aliphatic carbocycles. The number of benzene rings is 1. The lowest BCUT2D eigenvalue weighted by Gasteiger charge is -2.33. The maximum atomic E-state index is 13.2. The number of nitrogens with one attached hydrogen (secondary N) is 1. The highest BCUT2D eigenvalue weighted by Gasteiger charge is 2.32. The average molecular weight is 505 g/mol. The van der Waals surface area contributed by atoms with Gasteiger partial charge in [0.25, 0.3) is 5.91 Å². The number of carbonyl (C=O) groups excluding carboxylic acids is 2. The molecule has 35 heavy (non-hydrogen) atoms. The molecule has 0 fully saturated rings. The molecular weight excluding hydrogens is 472 g/mol. The Morgan fingerprint density at radius 2 is 2.00 bits per heavy atom. The molecule has 1 aliphatic heterocycles. The van der Waals surface area contributed by atoms with Crippen LogP contribution < -0.4 is 10.1 Å². The topological polar surface area (TPSA) is 129 Å². The number of pyridine rings is 1. The lowest BCUT2D eigenvalue weighted by Crippen LogP contribution is -2.48. The molecule has 10 nitrogen and oxygen atoms in total. The first-order valence-electron chi connectivity index (χ1n) is 11.3. The maximum absolute atomic E-state index is 13.2. The fraction of sp³-hybridized carbons (Fsp3) is 0.458. The van der Waals surface area contributed by atoms with Gasteiger partial charge in [0.15, 0.2) is 0 Å².